The van der Waals surface area contributed by atoms with E-state index < -0.39 is 5.82 Å². The number of ketones is 1. The number of nitrogens with zero attached hydrogens (tertiary/aromatic N) is 2. The molecule has 3 aromatic carbocycles. The zero-order valence-corrected chi connectivity index (χ0v) is 18.3. The fraction of sp³-hybridized carbons (Fsp3) is 0.231. The molecular weight excluding hydrogens is 426 g/mol. The molecule has 1 heterocycles. The standard InChI is InChI=1S/C26H24F2N2O3/c1-18(31)20-7-10-25(24(28)16-20)29-11-13-30(14-12-29)26(32)21-3-2-4-23(15-21)33-17-19-5-8-22(27)9-6-19/h2-10,15-16H,11-14,17H2,1H3. The average Bonchev–Trinajstić information content (AvgIpc) is 2.83. The van der Waals surface area contributed by atoms with Gasteiger partial charge in [0, 0.05) is 37.3 Å². The molecule has 1 amide bonds. The fourth-order valence-corrected chi connectivity index (χ4v) is 3.78. The lowest BCUT2D eigenvalue weighted by atomic mass is 10.1. The minimum absolute atomic E-state index is 0.116. The molecule has 4 rings (SSSR count). The fourth-order valence-electron chi connectivity index (χ4n) is 3.78. The Hall–Kier alpha value is -3.74. The van der Waals surface area contributed by atoms with E-state index in [0.29, 0.717) is 48.7 Å². The molecule has 3 aromatic rings. The van der Waals surface area contributed by atoms with Crippen LogP contribution in [0.1, 0.15) is 33.2 Å². The molecule has 1 fully saturated rings. The van der Waals surface area contributed by atoms with Crippen molar-refractivity contribution in [2.24, 2.45) is 0 Å². The van der Waals surface area contributed by atoms with E-state index in [2.05, 4.69) is 0 Å². The third-order valence-electron chi connectivity index (χ3n) is 5.66. The van der Waals surface area contributed by atoms with Gasteiger partial charge in [-0.1, -0.05) is 18.2 Å². The van der Waals surface area contributed by atoms with Crippen LogP contribution in [0.2, 0.25) is 0 Å². The number of anilines is 1. The normalized spacial score (nSPS) is 13.7. The van der Waals surface area contributed by atoms with Gasteiger partial charge in [0.1, 0.15) is 24.0 Å². The van der Waals surface area contributed by atoms with Crippen LogP contribution in [0.3, 0.4) is 0 Å². The van der Waals surface area contributed by atoms with Gasteiger partial charge in [-0.3, -0.25) is 9.59 Å². The molecule has 5 nitrogen and oxygen atoms in total. The highest BCUT2D eigenvalue weighted by Crippen LogP contribution is 2.23. The first-order chi connectivity index (χ1) is 15.9. The molecule has 170 valence electrons. The maximum absolute atomic E-state index is 14.5. The van der Waals surface area contributed by atoms with E-state index in [0.717, 1.165) is 5.56 Å². The van der Waals surface area contributed by atoms with Crippen molar-refractivity contribution in [1.29, 1.82) is 0 Å². The van der Waals surface area contributed by atoms with Crippen molar-refractivity contribution < 1.29 is 23.1 Å². The number of hydrogen-bond donors (Lipinski definition) is 0. The Morgan fingerprint density at radius 1 is 0.879 bits per heavy atom. The monoisotopic (exact) mass is 450 g/mol. The Morgan fingerprint density at radius 2 is 1.61 bits per heavy atom. The molecule has 0 saturated carbocycles. The van der Waals surface area contributed by atoms with Gasteiger partial charge in [-0.15, -0.1) is 0 Å². The Morgan fingerprint density at radius 3 is 2.27 bits per heavy atom. The van der Waals surface area contributed by atoms with E-state index in [-0.39, 0.29) is 24.1 Å². The zero-order valence-electron chi connectivity index (χ0n) is 18.3. The summed E-state index contributed by atoms with van der Waals surface area (Å²) in [6.45, 7) is 3.55. The van der Waals surface area contributed by atoms with Gasteiger partial charge in [0.15, 0.2) is 5.78 Å². The summed E-state index contributed by atoms with van der Waals surface area (Å²) < 4.78 is 33.3. The summed E-state index contributed by atoms with van der Waals surface area (Å²) >= 11 is 0. The summed E-state index contributed by atoms with van der Waals surface area (Å²) in [5, 5.41) is 0. The van der Waals surface area contributed by atoms with Crippen molar-refractivity contribution in [1.82, 2.24) is 4.90 Å². The van der Waals surface area contributed by atoms with Crippen molar-refractivity contribution in [3.8, 4) is 5.75 Å². The minimum atomic E-state index is -0.437. The number of ether oxygens (including phenoxy) is 1. The molecule has 0 unspecified atom stereocenters. The van der Waals surface area contributed by atoms with Crippen LogP contribution in [0.5, 0.6) is 5.75 Å². The maximum atomic E-state index is 14.5. The van der Waals surface area contributed by atoms with Crippen LogP contribution in [-0.4, -0.2) is 42.8 Å². The third kappa shape index (κ3) is 5.37. The van der Waals surface area contributed by atoms with Crippen LogP contribution in [-0.2, 0) is 6.61 Å². The lowest BCUT2D eigenvalue weighted by Crippen LogP contribution is -2.49. The van der Waals surface area contributed by atoms with E-state index in [9.17, 15) is 18.4 Å². The second-order valence-corrected chi connectivity index (χ2v) is 7.94. The van der Waals surface area contributed by atoms with Crippen LogP contribution >= 0.6 is 0 Å². The third-order valence-corrected chi connectivity index (χ3v) is 5.66. The molecule has 33 heavy (non-hydrogen) atoms. The number of benzene rings is 3. The summed E-state index contributed by atoms with van der Waals surface area (Å²) in [5.74, 6) is -0.485. The number of carbonyl (C=O) groups is 2. The van der Waals surface area contributed by atoms with Crippen LogP contribution in [0.25, 0.3) is 0 Å². The number of amides is 1. The second kappa shape index (κ2) is 9.81. The van der Waals surface area contributed by atoms with E-state index in [1.807, 2.05) is 4.90 Å². The predicted molar refractivity (Wildman–Crippen MR) is 122 cm³/mol. The van der Waals surface area contributed by atoms with Gasteiger partial charge in [0.2, 0.25) is 0 Å². The van der Waals surface area contributed by atoms with Gasteiger partial charge >= 0.3 is 0 Å². The number of hydrogen-bond acceptors (Lipinski definition) is 4. The van der Waals surface area contributed by atoms with Gasteiger partial charge in [0.25, 0.3) is 5.91 Å². The number of Topliss-reactive ketones (excluding diaryl/α,β-unsaturated/α-hetero) is 1. The van der Waals surface area contributed by atoms with E-state index in [1.165, 1.54) is 25.1 Å². The Bertz CT molecular complexity index is 1160. The quantitative estimate of drug-likeness (QED) is 0.511. The topological polar surface area (TPSA) is 49.9 Å². The molecule has 1 saturated heterocycles. The molecule has 0 aliphatic carbocycles. The number of carbonyl (C=O) groups excluding carboxylic acids is 2. The van der Waals surface area contributed by atoms with Gasteiger partial charge in [-0.25, -0.2) is 8.78 Å². The first-order valence-corrected chi connectivity index (χ1v) is 10.7. The lowest BCUT2D eigenvalue weighted by Gasteiger charge is -2.36. The molecule has 7 heteroatoms. The summed E-state index contributed by atoms with van der Waals surface area (Å²) in [5.41, 5.74) is 2.11. The van der Waals surface area contributed by atoms with Crippen molar-refractivity contribution in [3.63, 3.8) is 0 Å². The molecular formula is C26H24F2N2O3. The highest BCUT2D eigenvalue weighted by Gasteiger charge is 2.24. The van der Waals surface area contributed by atoms with Gasteiger partial charge in [0.05, 0.1) is 5.69 Å². The lowest BCUT2D eigenvalue weighted by molar-refractivity contribution is 0.0746. The summed E-state index contributed by atoms with van der Waals surface area (Å²) in [6.07, 6.45) is 0. The molecule has 1 aliphatic rings. The Labute approximate surface area is 191 Å². The molecule has 0 radical (unpaired) electrons. The number of piperazine rings is 1. The Kier molecular flexibility index (Phi) is 6.68. The summed E-state index contributed by atoms with van der Waals surface area (Å²) in [4.78, 5) is 28.0. The van der Waals surface area contributed by atoms with Crippen LogP contribution in [0, 0.1) is 11.6 Å². The molecule has 1 aliphatic heterocycles. The SMILES string of the molecule is CC(=O)c1ccc(N2CCN(C(=O)c3cccc(OCc4ccc(F)cc4)c3)CC2)c(F)c1. The van der Waals surface area contributed by atoms with Crippen molar-refractivity contribution in [2.45, 2.75) is 13.5 Å². The molecule has 0 spiro atoms. The molecule has 0 bridgehead atoms. The highest BCUT2D eigenvalue weighted by molar-refractivity contribution is 5.95. The smallest absolute Gasteiger partial charge is 0.254 e. The van der Waals surface area contributed by atoms with Crippen molar-refractivity contribution >= 4 is 17.4 Å². The summed E-state index contributed by atoms with van der Waals surface area (Å²) in [6, 6.07) is 17.5. The summed E-state index contributed by atoms with van der Waals surface area (Å²) in [7, 11) is 0. The van der Waals surface area contributed by atoms with Crippen molar-refractivity contribution in [2.75, 3.05) is 31.1 Å². The van der Waals surface area contributed by atoms with Gasteiger partial charge in [-0.2, -0.15) is 0 Å². The second-order valence-electron chi connectivity index (χ2n) is 7.94. The Balaban J connectivity index is 1.36. The highest BCUT2D eigenvalue weighted by atomic mass is 19.1. The minimum Gasteiger partial charge on any atom is -0.489 e. The van der Waals surface area contributed by atoms with Gasteiger partial charge in [-0.05, 0) is 61.0 Å². The van der Waals surface area contributed by atoms with Crippen LogP contribution in [0.15, 0.2) is 66.7 Å². The van der Waals surface area contributed by atoms with Gasteiger partial charge < -0.3 is 14.5 Å². The predicted octanol–water partition coefficient (Wildman–Crippen LogP) is 4.71. The van der Waals surface area contributed by atoms with Crippen LogP contribution < -0.4 is 9.64 Å². The van der Waals surface area contributed by atoms with Crippen LogP contribution in [0.4, 0.5) is 14.5 Å². The van der Waals surface area contributed by atoms with E-state index >= 15 is 0 Å². The first-order valence-electron chi connectivity index (χ1n) is 10.7. The molecule has 0 atom stereocenters. The average molecular weight is 450 g/mol. The zero-order chi connectivity index (χ0) is 23.4. The number of rotatable bonds is 6. The van der Waals surface area contributed by atoms with E-state index in [1.54, 1.807) is 53.4 Å². The number of halogens is 2. The largest absolute Gasteiger partial charge is 0.489 e. The molecule has 0 aromatic heterocycles. The van der Waals surface area contributed by atoms with Crippen molar-refractivity contribution in [3.05, 3.63) is 95.1 Å². The van der Waals surface area contributed by atoms with E-state index in [4.69, 9.17) is 4.74 Å². The maximum Gasteiger partial charge on any atom is 0.254 e. The molecule has 0 N–H and O–H groups in total. The first kappa shape index (κ1) is 22.5.